The van der Waals surface area contributed by atoms with Gasteiger partial charge in [0.05, 0.1) is 81.1 Å². The Kier molecular flexibility index (Phi) is 31.4. The molecule has 0 aromatic heterocycles. The lowest BCUT2D eigenvalue weighted by atomic mass is 9.99. The lowest BCUT2D eigenvalue weighted by Crippen LogP contribution is -2.43. The number of carbonyl (C=O) groups excluding carboxylic acids is 4. The van der Waals surface area contributed by atoms with E-state index in [0.29, 0.717) is 74.2 Å². The van der Waals surface area contributed by atoms with Crippen molar-refractivity contribution in [1.82, 2.24) is 0 Å². The van der Waals surface area contributed by atoms with Gasteiger partial charge in [-0.2, -0.15) is 0 Å². The van der Waals surface area contributed by atoms with E-state index in [4.69, 9.17) is 123 Å². The number of anilines is 7. The van der Waals surface area contributed by atoms with Crippen LogP contribution in [0.3, 0.4) is 0 Å². The second kappa shape index (κ2) is 41.9. The Labute approximate surface area is 753 Å². The fraction of sp³-hybridized carbons (Fsp3) is 0.140. The number of rotatable bonds is 15. The van der Waals surface area contributed by atoms with Gasteiger partial charge >= 0.3 is 18.1 Å². The first-order valence-electron chi connectivity index (χ1n) is 37.1. The zero-order valence-corrected chi connectivity index (χ0v) is 73.0. The highest BCUT2D eigenvalue weighted by atomic mass is 36.0. The van der Waals surface area contributed by atoms with Crippen LogP contribution in [0.5, 0.6) is 0 Å². The number of hydrogen-bond acceptors (Lipinski definition) is 6. The van der Waals surface area contributed by atoms with Crippen molar-refractivity contribution in [2.24, 2.45) is 0 Å². The Bertz CT molecular complexity index is 5460. The first-order valence-corrected chi connectivity index (χ1v) is 43.0. The van der Waals surface area contributed by atoms with Crippen LogP contribution in [0.2, 0.25) is 40.2 Å². The maximum atomic E-state index is 13.6. The minimum Gasteiger partial charge on any atom is -0.386 e. The molecule has 0 aliphatic carbocycles. The lowest BCUT2D eigenvalue weighted by molar-refractivity contribution is -0.119. The molecule has 3 aliphatic rings. The topological polar surface area (TPSA) is 146 Å². The molecule has 12 aromatic rings. The summed E-state index contributed by atoms with van der Waals surface area (Å²) < 4.78 is 9.09. The van der Waals surface area contributed by atoms with E-state index in [1.165, 1.54) is 0 Å². The lowest BCUT2D eigenvalue weighted by Gasteiger charge is -2.33. The van der Waals surface area contributed by atoms with Gasteiger partial charge in [-0.3, -0.25) is 34.2 Å². The summed E-state index contributed by atoms with van der Waals surface area (Å²) in [6.45, 7) is 37.0. The van der Waals surface area contributed by atoms with E-state index >= 15 is 0 Å². The van der Waals surface area contributed by atoms with Crippen LogP contribution < -0.4 is 34.3 Å². The Hall–Kier alpha value is -11.1. The van der Waals surface area contributed by atoms with Crippen molar-refractivity contribution in [3.8, 4) is 0 Å². The molecule has 3 aliphatic heterocycles. The van der Waals surface area contributed by atoms with Crippen LogP contribution in [0.4, 0.5) is 76.9 Å². The molecule has 15 rings (SSSR count). The predicted octanol–water partition coefficient (Wildman–Crippen LogP) is 28.6. The monoisotopic (exact) mass is 1820 g/mol. The normalized spacial score (nSPS) is 16.9. The van der Waals surface area contributed by atoms with Crippen molar-refractivity contribution >= 4 is 210 Å². The molecule has 12 aromatic carbocycles. The summed E-state index contributed by atoms with van der Waals surface area (Å²) in [5.74, 6) is -0.174. The van der Waals surface area contributed by atoms with E-state index in [0.717, 1.165) is 56.4 Å². The molecule has 3 saturated heterocycles. The highest BCUT2D eigenvalue weighted by Gasteiger charge is 2.49. The molecule has 0 bridgehead atoms. The van der Waals surface area contributed by atoms with Gasteiger partial charge in [-0.1, -0.05) is 202 Å². The molecule has 28 heteroatoms. The van der Waals surface area contributed by atoms with Gasteiger partial charge in [-0.15, -0.1) is 0 Å². The summed E-state index contributed by atoms with van der Waals surface area (Å²) in [5.41, 5.74) is 11.4. The molecule has 0 saturated carbocycles. The van der Waals surface area contributed by atoms with Crippen molar-refractivity contribution in [3.05, 3.63) is 405 Å². The van der Waals surface area contributed by atoms with Crippen LogP contribution in [0, 0.1) is 26.3 Å². The molecule has 3 heterocycles. The van der Waals surface area contributed by atoms with Gasteiger partial charge in [0.1, 0.15) is 0 Å². The van der Waals surface area contributed by atoms with Gasteiger partial charge in [0.15, 0.2) is 22.7 Å². The Morgan fingerprint density at radius 2 is 0.603 bits per heavy atom. The van der Waals surface area contributed by atoms with Crippen LogP contribution in [-0.4, -0.2) is 57.5 Å². The third-order valence-electron chi connectivity index (χ3n) is 20.2. The van der Waals surface area contributed by atoms with Gasteiger partial charge in [0.25, 0.3) is 0 Å². The quantitative estimate of drug-likeness (QED) is 0.0799. The number of halogens is 10. The summed E-state index contributed by atoms with van der Waals surface area (Å²) >= 11 is 48.2. The van der Waals surface area contributed by atoms with Crippen LogP contribution in [-0.2, 0) is 20.4 Å². The smallest absolute Gasteiger partial charge is 0.329 e. The Balaban J connectivity index is 0.000000155. The van der Waals surface area contributed by atoms with Crippen LogP contribution in [0.15, 0.2) is 291 Å². The molecule has 610 valence electrons. The van der Waals surface area contributed by atoms with E-state index in [2.05, 4.69) is 40.7 Å². The standard InChI is InChI=1S/C24H20Cl2N2O2.3C23H17Cl2N3O.Cl2OS/c1-16(24(30)18-4-3-5-21(15-18)27-2)28(22-12-10-20(26)11-13-22)23(29)14-17-6-8-19(25)9-7-17;3*1-15-22(16-4-3-5-19(14-16)26-2)28(21-12-8-18(25)9-13-21)23(29)27(15)20-10-6-17(24)7-11-20;1-4(2)3/h3-13,15-16,24,30H,14H2,1H3;3*3-15,22H,1H3;/t;2*15-,22+;;/m.10../s1. The van der Waals surface area contributed by atoms with Crippen molar-refractivity contribution in [1.29, 1.82) is 0 Å². The number of hydrogen-bond donors (Lipinski definition) is 1. The van der Waals surface area contributed by atoms with E-state index in [1.54, 1.807) is 205 Å². The number of aliphatic hydroxyl groups excluding tert-OH is 1. The number of nitrogens with zero attached hydrogens (tertiary/aromatic N) is 11. The summed E-state index contributed by atoms with van der Waals surface area (Å²) in [5, 5.41) is 15.8. The number of carbonyl (C=O) groups is 4. The largest absolute Gasteiger partial charge is 0.386 e. The SMILES string of the molecule is O=S(Cl)Cl.[C-]#[N+]c1cccc(C(O)C(C)N(C(=O)Cc2ccc(Cl)cc2)c2ccc(Cl)cc2)c1.[C-]#[N+]c1cccc(C2C(C)N(c3ccc(Cl)cc3)C(=O)N2c2ccc(Cl)cc2)c1.[C-]#[N+]c1cccc([C@@H]2[C@@H](C)N(c3ccc(Cl)cc3)C(=O)N2c2ccc(Cl)cc2)c1.[C-]#[N+]c1cccc([C@H]2[C@H](C)N(c3ccc(Cl)cc3)C(=O)N2c2ccc(Cl)cc2)c1. The summed E-state index contributed by atoms with van der Waals surface area (Å²) in [7, 11) is 7.36. The van der Waals surface area contributed by atoms with E-state index < -0.39 is 21.4 Å². The fourth-order valence-electron chi connectivity index (χ4n) is 14.6. The molecular formula is C93H71Cl10N11O6S. The third kappa shape index (κ3) is 22.2. The molecule has 0 radical (unpaired) electrons. The second-order valence-corrected chi connectivity index (χ2v) is 33.7. The summed E-state index contributed by atoms with van der Waals surface area (Å²) in [6.07, 6.45) is -0.824. The minimum absolute atomic E-state index is 0.139. The van der Waals surface area contributed by atoms with Gasteiger partial charge < -0.3 is 10.0 Å². The van der Waals surface area contributed by atoms with Crippen LogP contribution >= 0.6 is 114 Å². The fourth-order valence-corrected chi connectivity index (χ4v) is 15.7. The summed E-state index contributed by atoms with van der Waals surface area (Å²) in [6, 6.07) is 84.1. The van der Waals surface area contributed by atoms with Gasteiger partial charge in [0.2, 0.25) is 15.1 Å². The Morgan fingerprint density at radius 1 is 0.372 bits per heavy atom. The van der Waals surface area contributed by atoms with Crippen molar-refractivity contribution < 1.29 is 28.5 Å². The molecule has 17 nitrogen and oxygen atoms in total. The molecule has 4 unspecified atom stereocenters. The average molecular weight is 1830 g/mol. The van der Waals surface area contributed by atoms with Crippen molar-refractivity contribution in [3.63, 3.8) is 0 Å². The highest BCUT2D eigenvalue weighted by Crippen LogP contribution is 2.47. The van der Waals surface area contributed by atoms with E-state index in [9.17, 15) is 24.3 Å². The second-order valence-electron chi connectivity index (χ2n) is 27.7. The third-order valence-corrected chi connectivity index (χ3v) is 22.2. The van der Waals surface area contributed by atoms with Crippen LogP contribution in [0.25, 0.3) is 19.4 Å². The highest BCUT2D eigenvalue weighted by molar-refractivity contribution is 8.26. The van der Waals surface area contributed by atoms with Crippen molar-refractivity contribution in [2.75, 3.05) is 34.3 Å². The molecular weight excluding hydrogens is 1750 g/mol. The molecule has 8 atom stereocenters. The van der Waals surface area contributed by atoms with Gasteiger partial charge in [-0.05, 0) is 238 Å². The van der Waals surface area contributed by atoms with Gasteiger partial charge in [-0.25, -0.2) is 38.0 Å². The zero-order chi connectivity index (χ0) is 86.9. The maximum Gasteiger partial charge on any atom is 0.329 e. The first-order chi connectivity index (χ1) is 58.1. The van der Waals surface area contributed by atoms with Crippen molar-refractivity contribution in [2.45, 2.75) is 82.5 Å². The molecule has 3 fully saturated rings. The zero-order valence-electron chi connectivity index (χ0n) is 64.6. The number of amides is 7. The summed E-state index contributed by atoms with van der Waals surface area (Å²) in [4.78, 5) is 80.1. The van der Waals surface area contributed by atoms with E-state index in [1.807, 2.05) is 148 Å². The number of benzene rings is 12. The van der Waals surface area contributed by atoms with Gasteiger partial charge in [0, 0.05) is 101 Å². The minimum atomic E-state index is -1.67. The molecule has 121 heavy (non-hydrogen) atoms. The van der Waals surface area contributed by atoms with E-state index in [-0.39, 0.29) is 66.7 Å². The average Bonchev–Trinajstić information content (AvgIpc) is 1.61. The maximum absolute atomic E-state index is 13.6. The molecule has 7 amide bonds. The predicted molar refractivity (Wildman–Crippen MR) is 496 cm³/mol. The number of urea groups is 3. The molecule has 0 spiro atoms. The Morgan fingerprint density at radius 3 is 0.868 bits per heavy atom. The first kappa shape index (κ1) is 90.7. The molecule has 1 N–H and O–H groups in total. The van der Waals surface area contributed by atoms with Crippen LogP contribution in [0.1, 0.15) is 79.7 Å². The number of aliphatic hydroxyl groups is 1.